The Bertz CT molecular complexity index is 780. The minimum absolute atomic E-state index is 0.0397. The Morgan fingerprint density at radius 3 is 2.79 bits per heavy atom. The van der Waals surface area contributed by atoms with Crippen LogP contribution in [0.1, 0.15) is 57.6 Å². The molecule has 1 saturated heterocycles. The monoisotopic (exact) mass is 396 g/mol. The molecule has 3 atom stereocenters. The van der Waals surface area contributed by atoms with Crippen LogP contribution in [-0.2, 0) is 16.0 Å². The van der Waals surface area contributed by atoms with Gasteiger partial charge in [0.2, 0.25) is 11.8 Å². The highest BCUT2D eigenvalue weighted by Crippen LogP contribution is 2.32. The van der Waals surface area contributed by atoms with Gasteiger partial charge in [-0.1, -0.05) is 23.8 Å². The zero-order valence-electron chi connectivity index (χ0n) is 17.4. The molecule has 5 nitrogen and oxygen atoms in total. The van der Waals surface area contributed by atoms with E-state index in [1.807, 2.05) is 29.2 Å². The lowest BCUT2D eigenvalue weighted by Crippen LogP contribution is -2.50. The van der Waals surface area contributed by atoms with Gasteiger partial charge in [0, 0.05) is 30.8 Å². The molecule has 0 spiro atoms. The quantitative estimate of drug-likeness (QED) is 0.632. The van der Waals surface area contributed by atoms with Crippen molar-refractivity contribution in [3.05, 3.63) is 61.1 Å². The lowest BCUT2D eigenvalue weighted by atomic mass is 9.86. The highest BCUT2D eigenvalue weighted by atomic mass is 16.3. The highest BCUT2D eigenvalue weighted by molar-refractivity contribution is 5.80. The molecule has 156 valence electrons. The average Bonchev–Trinajstić information content (AvgIpc) is 3.30. The number of nitrogens with one attached hydrogen (secondary N) is 1. The lowest BCUT2D eigenvalue weighted by Gasteiger charge is -2.41. The van der Waals surface area contributed by atoms with E-state index in [1.165, 1.54) is 5.57 Å². The summed E-state index contributed by atoms with van der Waals surface area (Å²) in [5.74, 6) is 1.02. The van der Waals surface area contributed by atoms with Gasteiger partial charge in [0.05, 0.1) is 12.3 Å². The number of furan rings is 1. The van der Waals surface area contributed by atoms with Crippen LogP contribution < -0.4 is 5.32 Å². The molecule has 1 fully saturated rings. The third-order valence-electron chi connectivity index (χ3n) is 6.07. The average molecular weight is 397 g/mol. The minimum atomic E-state index is -0.409. The van der Waals surface area contributed by atoms with Gasteiger partial charge in [-0.25, -0.2) is 0 Å². The van der Waals surface area contributed by atoms with E-state index >= 15 is 0 Å². The maximum atomic E-state index is 13.4. The first kappa shape index (κ1) is 21.2. The van der Waals surface area contributed by atoms with Gasteiger partial charge in [0.15, 0.2) is 0 Å². The molecule has 2 aliphatic rings. The Balaban J connectivity index is 1.74. The summed E-state index contributed by atoms with van der Waals surface area (Å²) in [5.41, 5.74) is 0.902. The van der Waals surface area contributed by atoms with Crippen molar-refractivity contribution in [1.82, 2.24) is 10.2 Å². The van der Waals surface area contributed by atoms with Gasteiger partial charge in [-0.15, -0.1) is 13.2 Å². The number of hydrogen-bond acceptors (Lipinski definition) is 3. The fraction of sp³-hybridized carbons (Fsp3) is 0.500. The molecule has 2 aliphatic heterocycles. The van der Waals surface area contributed by atoms with Gasteiger partial charge < -0.3 is 14.6 Å². The summed E-state index contributed by atoms with van der Waals surface area (Å²) >= 11 is 0. The molecule has 3 rings (SSSR count). The largest absolute Gasteiger partial charge is 0.469 e. The van der Waals surface area contributed by atoms with Crippen LogP contribution in [0.25, 0.3) is 0 Å². The van der Waals surface area contributed by atoms with Crippen LogP contribution in [0.15, 0.2) is 59.8 Å². The van der Waals surface area contributed by atoms with Crippen molar-refractivity contribution in [1.29, 1.82) is 0 Å². The van der Waals surface area contributed by atoms with E-state index in [4.69, 9.17) is 4.42 Å². The fourth-order valence-electron chi connectivity index (χ4n) is 4.75. The molecule has 2 amide bonds. The predicted octanol–water partition coefficient (Wildman–Crippen LogP) is 4.32. The Kier molecular flexibility index (Phi) is 6.78. The summed E-state index contributed by atoms with van der Waals surface area (Å²) in [4.78, 5) is 27.3. The fourth-order valence-corrected chi connectivity index (χ4v) is 4.75. The number of nitrogens with zero attached hydrogens (tertiary/aromatic N) is 1. The smallest absolute Gasteiger partial charge is 0.223 e. The molecule has 29 heavy (non-hydrogen) atoms. The number of carbonyl (C=O) groups excluding carboxylic acids is 2. The normalized spacial score (nSPS) is 26.7. The molecular formula is C24H32N2O3. The van der Waals surface area contributed by atoms with E-state index in [1.54, 1.807) is 6.26 Å². The molecule has 5 heteroatoms. The second kappa shape index (κ2) is 9.29. The van der Waals surface area contributed by atoms with Gasteiger partial charge in [0.25, 0.3) is 0 Å². The van der Waals surface area contributed by atoms with E-state index < -0.39 is 5.54 Å². The van der Waals surface area contributed by atoms with Crippen molar-refractivity contribution in [3.8, 4) is 0 Å². The standard InChI is InChI=1S/C24H32N2O3/c1-4-7-19-15-18(3)16-20(8-5-2)26(19)23(28)11-13-24(12-10-22(27)25-24)17-21-9-6-14-29-21/h4-6,9,14-15,19-20H,1-2,7-8,10-13,16-17H2,3H3,(H,25,27)/t19-,20-,24?/m0/s1. The zero-order valence-corrected chi connectivity index (χ0v) is 17.4. The van der Waals surface area contributed by atoms with Crippen molar-refractivity contribution in [2.75, 3.05) is 0 Å². The summed E-state index contributed by atoms with van der Waals surface area (Å²) in [7, 11) is 0. The van der Waals surface area contributed by atoms with Crippen LogP contribution in [0.3, 0.4) is 0 Å². The van der Waals surface area contributed by atoms with Crippen molar-refractivity contribution in [2.24, 2.45) is 0 Å². The molecule has 0 aliphatic carbocycles. The van der Waals surface area contributed by atoms with Gasteiger partial charge in [-0.05, 0) is 51.2 Å². The SMILES string of the molecule is C=CC[C@H]1CC(C)=C[C@H](CC=C)N1C(=O)CCC1(Cc2ccco2)CCC(=O)N1. The molecular weight excluding hydrogens is 364 g/mol. The van der Waals surface area contributed by atoms with Crippen LogP contribution in [0.5, 0.6) is 0 Å². The summed E-state index contributed by atoms with van der Waals surface area (Å²) in [5, 5.41) is 3.13. The first-order valence-corrected chi connectivity index (χ1v) is 10.5. The van der Waals surface area contributed by atoms with E-state index in [9.17, 15) is 9.59 Å². The van der Waals surface area contributed by atoms with Crippen molar-refractivity contribution >= 4 is 11.8 Å². The Hall–Kier alpha value is -2.56. The third kappa shape index (κ3) is 5.08. The van der Waals surface area contributed by atoms with E-state index in [2.05, 4.69) is 31.5 Å². The summed E-state index contributed by atoms with van der Waals surface area (Å²) in [6.07, 6.45) is 12.8. The van der Waals surface area contributed by atoms with Crippen LogP contribution in [0.4, 0.5) is 0 Å². The molecule has 3 heterocycles. The van der Waals surface area contributed by atoms with E-state index in [0.717, 1.165) is 31.4 Å². The maximum absolute atomic E-state index is 13.4. The first-order chi connectivity index (χ1) is 14.0. The van der Waals surface area contributed by atoms with Gasteiger partial charge in [-0.3, -0.25) is 9.59 Å². The van der Waals surface area contributed by atoms with E-state index in [-0.39, 0.29) is 23.9 Å². The third-order valence-corrected chi connectivity index (χ3v) is 6.07. The molecule has 1 unspecified atom stereocenters. The first-order valence-electron chi connectivity index (χ1n) is 10.5. The Labute approximate surface area is 173 Å². The summed E-state index contributed by atoms with van der Waals surface area (Å²) in [6, 6.07) is 3.95. The van der Waals surface area contributed by atoms with E-state index in [0.29, 0.717) is 25.7 Å². The van der Waals surface area contributed by atoms with Crippen molar-refractivity contribution in [2.45, 2.75) is 75.9 Å². The zero-order chi connectivity index (χ0) is 20.9. The summed E-state index contributed by atoms with van der Waals surface area (Å²) in [6.45, 7) is 9.87. The van der Waals surface area contributed by atoms with Gasteiger partial charge in [0.1, 0.15) is 5.76 Å². The highest BCUT2D eigenvalue weighted by Gasteiger charge is 2.40. The minimum Gasteiger partial charge on any atom is -0.469 e. The van der Waals surface area contributed by atoms with Crippen LogP contribution in [-0.4, -0.2) is 34.3 Å². The number of rotatable bonds is 9. The second-order valence-corrected chi connectivity index (χ2v) is 8.37. The Morgan fingerprint density at radius 1 is 1.38 bits per heavy atom. The van der Waals surface area contributed by atoms with Crippen LogP contribution >= 0.6 is 0 Å². The molecule has 1 aromatic heterocycles. The van der Waals surface area contributed by atoms with Crippen molar-refractivity contribution in [3.63, 3.8) is 0 Å². The van der Waals surface area contributed by atoms with Gasteiger partial charge >= 0.3 is 0 Å². The van der Waals surface area contributed by atoms with Crippen LogP contribution in [0, 0.1) is 0 Å². The number of hydrogen-bond donors (Lipinski definition) is 1. The number of amides is 2. The van der Waals surface area contributed by atoms with Crippen LogP contribution in [0.2, 0.25) is 0 Å². The molecule has 0 radical (unpaired) electrons. The summed E-state index contributed by atoms with van der Waals surface area (Å²) < 4.78 is 5.51. The number of carbonyl (C=O) groups is 2. The van der Waals surface area contributed by atoms with Gasteiger partial charge in [-0.2, -0.15) is 0 Å². The second-order valence-electron chi connectivity index (χ2n) is 8.37. The predicted molar refractivity (Wildman–Crippen MR) is 114 cm³/mol. The molecule has 1 aromatic rings. The topological polar surface area (TPSA) is 62.6 Å². The molecule has 0 aromatic carbocycles. The maximum Gasteiger partial charge on any atom is 0.223 e. The molecule has 0 saturated carbocycles. The Morgan fingerprint density at radius 2 is 2.17 bits per heavy atom. The molecule has 1 N–H and O–H groups in total. The lowest BCUT2D eigenvalue weighted by molar-refractivity contribution is -0.136. The molecule has 0 bridgehead atoms. The van der Waals surface area contributed by atoms with Crippen molar-refractivity contribution < 1.29 is 14.0 Å².